The molecule has 13 atom stereocenters. The summed E-state index contributed by atoms with van der Waals surface area (Å²) in [6, 6.07) is 0. The molecule has 0 spiro atoms. The molecule has 2 rings (SSSR count). The highest BCUT2D eigenvalue weighted by atomic mass is 31.2. The fraction of sp³-hybridized carbons (Fsp3) is 0.956. The average Bonchev–Trinajstić information content (AvgIpc) is 3.27. The molecule has 0 aromatic rings. The van der Waals surface area contributed by atoms with E-state index in [0.29, 0.717) is 12.8 Å². The highest BCUT2D eigenvalue weighted by Crippen LogP contribution is 2.48. The minimum Gasteiger partial charge on any atom is -0.462 e. The van der Waals surface area contributed by atoms with Crippen LogP contribution >= 0.6 is 7.82 Å². The molecule has 0 aromatic carbocycles. The molecule has 0 amide bonds. The Morgan fingerprint density at radius 1 is 0.531 bits per heavy atom. The summed E-state index contributed by atoms with van der Waals surface area (Å²) in [5.41, 5.74) is 0. The van der Waals surface area contributed by atoms with Gasteiger partial charge in [-0.05, 0) is 12.8 Å². The predicted octanol–water partition coefficient (Wildman–Crippen LogP) is 4.77. The average molecular weight is 945 g/mol. The summed E-state index contributed by atoms with van der Waals surface area (Å²) in [5, 5.41) is 82.8. The monoisotopic (exact) mass is 945 g/mol. The molecule has 13 unspecified atom stereocenters. The summed E-state index contributed by atoms with van der Waals surface area (Å²) in [6.07, 6.45) is 3.45. The third-order valence-electron chi connectivity index (χ3n) is 12.1. The van der Waals surface area contributed by atoms with Gasteiger partial charge in [0.2, 0.25) is 0 Å². The van der Waals surface area contributed by atoms with Crippen molar-refractivity contribution in [1.82, 2.24) is 0 Å². The van der Waals surface area contributed by atoms with Gasteiger partial charge in [-0.3, -0.25) is 18.6 Å². The van der Waals surface area contributed by atoms with Gasteiger partial charge in [-0.1, -0.05) is 155 Å². The number of unbranched alkanes of at least 4 members (excludes halogenated alkanes) is 22. The third kappa shape index (κ3) is 23.1. The van der Waals surface area contributed by atoms with Crippen LogP contribution in [0.5, 0.6) is 0 Å². The highest BCUT2D eigenvalue weighted by molar-refractivity contribution is 7.47. The summed E-state index contributed by atoms with van der Waals surface area (Å²) < 4.78 is 45.4. The van der Waals surface area contributed by atoms with Crippen LogP contribution in [0.1, 0.15) is 181 Å². The fourth-order valence-electron chi connectivity index (χ4n) is 8.00. The van der Waals surface area contributed by atoms with Gasteiger partial charge in [-0.2, -0.15) is 0 Å². The molecule has 1 heterocycles. The topological polar surface area (TPSA) is 289 Å². The van der Waals surface area contributed by atoms with E-state index >= 15 is 0 Å². The molecule has 2 fully saturated rings. The summed E-state index contributed by atoms with van der Waals surface area (Å²) in [7, 11) is -5.36. The second-order valence-corrected chi connectivity index (χ2v) is 19.1. The van der Waals surface area contributed by atoms with E-state index in [4.69, 9.17) is 28.0 Å². The van der Waals surface area contributed by atoms with Gasteiger partial charge in [0.25, 0.3) is 0 Å². The van der Waals surface area contributed by atoms with Gasteiger partial charge in [0, 0.05) is 12.8 Å². The number of esters is 2. The highest BCUT2D eigenvalue weighted by Gasteiger charge is 2.55. The molecule has 1 saturated heterocycles. The van der Waals surface area contributed by atoms with Gasteiger partial charge in [0.1, 0.15) is 67.6 Å². The summed E-state index contributed by atoms with van der Waals surface area (Å²) in [6.45, 7) is 2.21. The number of carbonyl (C=O) groups excluding carboxylic acids is 2. The van der Waals surface area contributed by atoms with E-state index in [1.807, 2.05) is 0 Å². The Balaban J connectivity index is 1.97. The number of ether oxygens (including phenoxy) is 4. The molecular formula is C45H85O18P. The minimum absolute atomic E-state index is 0.0393. The molecule has 0 radical (unpaired) electrons. The van der Waals surface area contributed by atoms with Crippen molar-refractivity contribution in [2.45, 2.75) is 254 Å². The second-order valence-electron chi connectivity index (χ2n) is 17.7. The van der Waals surface area contributed by atoms with Crippen LogP contribution in [0, 0.1) is 0 Å². The maximum absolute atomic E-state index is 13.4. The largest absolute Gasteiger partial charge is 0.472 e. The minimum atomic E-state index is -5.36. The number of hydrogen-bond donors (Lipinski definition) is 9. The third-order valence-corrected chi connectivity index (χ3v) is 13.0. The normalized spacial score (nSPS) is 28.7. The Morgan fingerprint density at radius 2 is 0.938 bits per heavy atom. The molecule has 19 heteroatoms. The number of phosphoric ester groups is 1. The number of aliphatic hydroxyl groups excluding tert-OH is 8. The van der Waals surface area contributed by atoms with Crippen LogP contribution in [0.2, 0.25) is 0 Å². The van der Waals surface area contributed by atoms with E-state index in [9.17, 15) is 59.9 Å². The second kappa shape index (κ2) is 34.0. The predicted molar refractivity (Wildman–Crippen MR) is 236 cm³/mol. The Bertz CT molecular complexity index is 1260. The van der Waals surface area contributed by atoms with Crippen LogP contribution in [-0.2, 0) is 42.1 Å². The molecule has 378 valence electrons. The standard InChI is InChI=1S/C45H85O18P/c1-3-5-7-9-11-13-15-16-18-20-22-24-26-28-35(48)60-32(30-58-34(47)27-25-23-21-19-17-14-12-10-8-6-4-2)31-59-64(56,57)63-44-41(54)39(52)38(51)40(53)43(44)62-45-42(55)37(50)36(49)33(29-46)61-45/h32-33,36-46,49-55H,3-31H2,1-2H3,(H,56,57). The molecule has 1 saturated carbocycles. The SMILES string of the molecule is CCCCCCCCCCCCCCCC(=O)OC(COC(=O)CCCCCCCCCCCCC)COP(=O)(O)OC1C(O)C(O)C(O)C(O)C1OC1OC(CO)C(O)C(O)C1O. The van der Waals surface area contributed by atoms with Crippen molar-refractivity contribution in [3.8, 4) is 0 Å². The first kappa shape index (κ1) is 58.8. The molecule has 9 N–H and O–H groups in total. The Hall–Kier alpha value is -1.35. The Kier molecular flexibility index (Phi) is 31.2. The van der Waals surface area contributed by atoms with Crippen molar-refractivity contribution >= 4 is 19.8 Å². The maximum atomic E-state index is 13.4. The smallest absolute Gasteiger partial charge is 0.462 e. The zero-order chi connectivity index (χ0) is 47.3. The molecule has 64 heavy (non-hydrogen) atoms. The van der Waals surface area contributed by atoms with Crippen molar-refractivity contribution < 1.29 is 87.9 Å². The molecule has 1 aliphatic carbocycles. The van der Waals surface area contributed by atoms with E-state index in [0.717, 1.165) is 51.4 Å². The Labute approximate surface area is 380 Å². The lowest BCUT2D eigenvalue weighted by atomic mass is 9.84. The van der Waals surface area contributed by atoms with E-state index in [2.05, 4.69) is 13.8 Å². The van der Waals surface area contributed by atoms with Crippen LogP contribution in [0.25, 0.3) is 0 Å². The van der Waals surface area contributed by atoms with Crippen LogP contribution in [-0.4, -0.2) is 151 Å². The van der Waals surface area contributed by atoms with Crippen molar-refractivity contribution in [1.29, 1.82) is 0 Å². The number of carbonyl (C=O) groups is 2. The first-order valence-corrected chi connectivity index (χ1v) is 25.9. The summed E-state index contributed by atoms with van der Waals surface area (Å²) in [5.74, 6) is -1.21. The van der Waals surface area contributed by atoms with Crippen LogP contribution in [0.15, 0.2) is 0 Å². The zero-order valence-electron chi connectivity index (χ0n) is 38.6. The van der Waals surface area contributed by atoms with Crippen LogP contribution in [0.3, 0.4) is 0 Å². The molecule has 0 aromatic heterocycles. The zero-order valence-corrected chi connectivity index (χ0v) is 39.5. The van der Waals surface area contributed by atoms with Crippen molar-refractivity contribution in [3.05, 3.63) is 0 Å². The van der Waals surface area contributed by atoms with E-state index in [1.165, 1.54) is 89.9 Å². The summed E-state index contributed by atoms with van der Waals surface area (Å²) >= 11 is 0. The van der Waals surface area contributed by atoms with Crippen molar-refractivity contribution in [2.24, 2.45) is 0 Å². The molecule has 0 bridgehead atoms. The van der Waals surface area contributed by atoms with Gasteiger partial charge in [-0.25, -0.2) is 4.57 Å². The summed E-state index contributed by atoms with van der Waals surface area (Å²) in [4.78, 5) is 36.4. The quantitative estimate of drug-likeness (QED) is 0.0230. The molecule has 18 nitrogen and oxygen atoms in total. The first-order chi connectivity index (χ1) is 30.7. The number of hydrogen-bond acceptors (Lipinski definition) is 17. The van der Waals surface area contributed by atoms with Gasteiger partial charge in [0.05, 0.1) is 13.2 Å². The van der Waals surface area contributed by atoms with Crippen molar-refractivity contribution in [3.63, 3.8) is 0 Å². The number of aliphatic hydroxyl groups is 8. The first-order valence-electron chi connectivity index (χ1n) is 24.4. The van der Waals surface area contributed by atoms with Gasteiger partial charge in [-0.15, -0.1) is 0 Å². The number of rotatable bonds is 37. The van der Waals surface area contributed by atoms with Gasteiger partial charge in [0.15, 0.2) is 12.4 Å². The van der Waals surface area contributed by atoms with Gasteiger partial charge >= 0.3 is 19.8 Å². The maximum Gasteiger partial charge on any atom is 0.472 e. The van der Waals surface area contributed by atoms with Crippen LogP contribution < -0.4 is 0 Å². The van der Waals surface area contributed by atoms with Crippen molar-refractivity contribution in [2.75, 3.05) is 19.8 Å². The van der Waals surface area contributed by atoms with Crippen LogP contribution in [0.4, 0.5) is 0 Å². The number of phosphoric acid groups is 1. The molecule has 1 aliphatic heterocycles. The lowest BCUT2D eigenvalue weighted by Gasteiger charge is -2.47. The lowest BCUT2D eigenvalue weighted by Crippen LogP contribution is -2.67. The lowest BCUT2D eigenvalue weighted by molar-refractivity contribution is -0.338. The Morgan fingerprint density at radius 3 is 1.39 bits per heavy atom. The molecular weight excluding hydrogens is 859 g/mol. The fourth-order valence-corrected chi connectivity index (χ4v) is 8.97. The van der Waals surface area contributed by atoms with E-state index in [-0.39, 0.29) is 12.8 Å². The molecule has 2 aliphatic rings. The van der Waals surface area contributed by atoms with E-state index in [1.54, 1.807) is 0 Å². The van der Waals surface area contributed by atoms with E-state index < -0.39 is 113 Å². The van der Waals surface area contributed by atoms with Gasteiger partial charge < -0.3 is 64.7 Å².